The molecule has 0 saturated heterocycles. The molecule has 0 spiro atoms. The van der Waals surface area contributed by atoms with Gasteiger partial charge in [0.2, 0.25) is 0 Å². The Morgan fingerprint density at radius 3 is 2.27 bits per heavy atom. The Morgan fingerprint density at radius 1 is 1.00 bits per heavy atom. The maximum atomic E-state index is 6.04. The molecule has 1 aliphatic rings. The van der Waals surface area contributed by atoms with Gasteiger partial charge in [0.1, 0.15) is 0 Å². The van der Waals surface area contributed by atoms with Gasteiger partial charge < -0.3 is 5.73 Å². The average molecular weight is 609 g/mol. The first kappa shape index (κ1) is 28.0. The Morgan fingerprint density at radius 2 is 1.68 bits per heavy atom. The summed E-state index contributed by atoms with van der Waals surface area (Å²) in [7, 11) is 0. The second-order valence-corrected chi connectivity index (χ2v) is 24.2. The summed E-state index contributed by atoms with van der Waals surface area (Å²) in [4.78, 5) is 9.72. The van der Waals surface area contributed by atoms with Gasteiger partial charge in [-0.3, -0.25) is 0 Å². The number of aromatic nitrogens is 3. The van der Waals surface area contributed by atoms with Crippen molar-refractivity contribution in [3.63, 3.8) is 0 Å². The zero-order chi connectivity index (χ0) is 26.3. The van der Waals surface area contributed by atoms with E-state index in [2.05, 4.69) is 54.6 Å². The molecule has 2 aromatic heterocycles. The van der Waals surface area contributed by atoms with Gasteiger partial charge in [-0.15, -0.1) is 0 Å². The molecule has 7 heteroatoms. The summed E-state index contributed by atoms with van der Waals surface area (Å²) in [5, 5.41) is 1.58. The van der Waals surface area contributed by atoms with Crippen LogP contribution in [0, 0.1) is 0 Å². The molecule has 1 saturated carbocycles. The molecule has 0 amide bonds. The van der Waals surface area contributed by atoms with Gasteiger partial charge in [0.05, 0.1) is 0 Å². The number of fused-ring (bicyclic) bond motifs is 1. The van der Waals surface area contributed by atoms with Gasteiger partial charge in [0.25, 0.3) is 0 Å². The van der Waals surface area contributed by atoms with E-state index in [1.54, 1.807) is 14.8 Å². The molecule has 2 heterocycles. The summed E-state index contributed by atoms with van der Waals surface area (Å²) in [5.74, 6) is 7.08. The van der Waals surface area contributed by atoms with Crippen molar-refractivity contribution in [2.24, 2.45) is 11.6 Å². The van der Waals surface area contributed by atoms with Gasteiger partial charge >= 0.3 is 222 Å². The fourth-order valence-corrected chi connectivity index (χ4v) is 21.7. The number of unbranched alkanes of at least 4 members (excludes halogenated alkanes) is 3. The summed E-state index contributed by atoms with van der Waals surface area (Å²) in [6, 6.07) is 10.1. The summed E-state index contributed by atoms with van der Waals surface area (Å²) in [6.45, 7) is 7.61. The number of benzene rings is 1. The number of hydrazine groups is 1. The molecular formula is C30H46N6Sn. The predicted molar refractivity (Wildman–Crippen MR) is 159 cm³/mol. The van der Waals surface area contributed by atoms with Crippen molar-refractivity contribution in [1.82, 2.24) is 19.5 Å². The van der Waals surface area contributed by atoms with E-state index in [0.717, 1.165) is 22.5 Å². The Balaban J connectivity index is 1.78. The Hall–Kier alpha value is -2.06. The average Bonchev–Trinajstić information content (AvgIpc) is 3.67. The molecule has 200 valence electrons. The van der Waals surface area contributed by atoms with E-state index in [1.807, 2.05) is 12.4 Å². The van der Waals surface area contributed by atoms with Crippen molar-refractivity contribution in [3.8, 4) is 11.4 Å². The first-order valence-electron chi connectivity index (χ1n) is 14.4. The molecule has 6 nitrogen and oxygen atoms in total. The second kappa shape index (κ2) is 13.1. The van der Waals surface area contributed by atoms with Crippen LogP contribution in [-0.4, -0.2) is 37.9 Å². The number of hydrogen-bond acceptors (Lipinski definition) is 5. The fraction of sp³-hybridized carbons (Fsp3) is 0.533. The molecule has 0 radical (unpaired) electrons. The van der Waals surface area contributed by atoms with Crippen molar-refractivity contribution in [2.45, 2.75) is 98.0 Å². The van der Waals surface area contributed by atoms with Crippen LogP contribution < -0.4 is 15.2 Å². The van der Waals surface area contributed by atoms with E-state index in [1.165, 1.54) is 76.4 Å². The van der Waals surface area contributed by atoms with Crippen molar-refractivity contribution in [3.05, 3.63) is 54.6 Å². The number of imidazole rings is 1. The molecule has 1 aliphatic carbocycles. The van der Waals surface area contributed by atoms with Crippen molar-refractivity contribution in [1.29, 1.82) is 0 Å². The molecule has 37 heavy (non-hydrogen) atoms. The standard InChI is InChI=1S/C18H19N6.3C4H9.Sn/c19-7-8-23(20)12-13-9-14(11-21-10-13)18-22-16-3-1-2-4-17(16)24(18)15-5-6-15;3*1-3-4-2;/h1,3-4,7-11,15H,5-6,12,19-20H2;3*1,3-4H2,2H3;/b8-7-;;;;. The summed E-state index contributed by atoms with van der Waals surface area (Å²) < 4.78 is 8.71. The first-order chi connectivity index (χ1) is 18.0. The molecule has 3 aromatic rings. The zero-order valence-corrected chi connectivity index (χ0v) is 26.0. The third-order valence-corrected chi connectivity index (χ3v) is 23.5. The van der Waals surface area contributed by atoms with Gasteiger partial charge in [-0.2, -0.15) is 0 Å². The van der Waals surface area contributed by atoms with Crippen LogP contribution in [0.4, 0.5) is 0 Å². The van der Waals surface area contributed by atoms with Crippen LogP contribution in [0.25, 0.3) is 22.4 Å². The topological polar surface area (TPSA) is 86.0 Å². The van der Waals surface area contributed by atoms with E-state index < -0.39 is 18.4 Å². The quantitative estimate of drug-likeness (QED) is 0.115. The van der Waals surface area contributed by atoms with E-state index in [0.29, 0.717) is 12.6 Å². The third-order valence-electron chi connectivity index (χ3n) is 7.94. The number of rotatable bonds is 15. The van der Waals surface area contributed by atoms with Gasteiger partial charge in [0, 0.05) is 0 Å². The predicted octanol–water partition coefficient (Wildman–Crippen LogP) is 6.59. The molecule has 0 aliphatic heterocycles. The van der Waals surface area contributed by atoms with Crippen molar-refractivity contribution in [2.75, 3.05) is 0 Å². The normalized spacial score (nSPS) is 14.2. The number of pyridine rings is 1. The van der Waals surface area contributed by atoms with E-state index in [-0.39, 0.29) is 0 Å². The summed E-state index contributed by atoms with van der Waals surface area (Å²) >= 11 is -2.53. The van der Waals surface area contributed by atoms with Crippen LogP contribution in [-0.2, 0) is 6.54 Å². The second-order valence-electron chi connectivity index (χ2n) is 10.9. The molecule has 4 rings (SSSR count). The van der Waals surface area contributed by atoms with E-state index in [4.69, 9.17) is 16.6 Å². The van der Waals surface area contributed by atoms with Crippen molar-refractivity contribution >= 4 is 33.0 Å². The maximum absolute atomic E-state index is 6.04. The van der Waals surface area contributed by atoms with Crippen LogP contribution in [0.5, 0.6) is 0 Å². The monoisotopic (exact) mass is 610 g/mol. The zero-order valence-electron chi connectivity index (χ0n) is 23.1. The van der Waals surface area contributed by atoms with Gasteiger partial charge in [-0.05, 0) is 0 Å². The van der Waals surface area contributed by atoms with Crippen LogP contribution in [0.3, 0.4) is 0 Å². The van der Waals surface area contributed by atoms with Crippen molar-refractivity contribution < 1.29 is 0 Å². The van der Waals surface area contributed by atoms with Gasteiger partial charge in [-0.1, -0.05) is 0 Å². The molecule has 1 fully saturated rings. The molecule has 1 aromatic carbocycles. The number of nitrogens with two attached hydrogens (primary N) is 2. The Labute approximate surface area is 227 Å². The van der Waals surface area contributed by atoms with Crippen LogP contribution >= 0.6 is 0 Å². The van der Waals surface area contributed by atoms with E-state index >= 15 is 0 Å². The van der Waals surface area contributed by atoms with Crippen LogP contribution in [0.2, 0.25) is 13.3 Å². The first-order valence-corrected chi connectivity index (χ1v) is 21.9. The molecule has 0 unspecified atom stereocenters. The van der Waals surface area contributed by atoms with Crippen LogP contribution in [0.1, 0.15) is 83.7 Å². The molecule has 0 atom stereocenters. The SMILES string of the molecule is CCC[CH2][Sn]([CH2]CCC)([CH2]CCC)[c]1ccc2nc(-c3cncc(CN(N)/C=C\N)c3)n(C3CC3)c2c1. The van der Waals surface area contributed by atoms with Gasteiger partial charge in [0.15, 0.2) is 0 Å². The van der Waals surface area contributed by atoms with Crippen LogP contribution in [0.15, 0.2) is 49.1 Å². The molecular weight excluding hydrogens is 563 g/mol. The molecule has 0 bridgehead atoms. The summed E-state index contributed by atoms with van der Waals surface area (Å²) in [5.41, 5.74) is 10.1. The van der Waals surface area contributed by atoms with Gasteiger partial charge in [-0.25, -0.2) is 0 Å². The minimum absolute atomic E-state index is 0.539. The summed E-state index contributed by atoms with van der Waals surface area (Å²) in [6.07, 6.45) is 17.4. The molecule has 4 N–H and O–H groups in total. The third kappa shape index (κ3) is 6.69. The number of hydrogen-bond donors (Lipinski definition) is 2. The number of nitrogens with zero attached hydrogens (tertiary/aromatic N) is 4. The Bertz CT molecular complexity index is 1160. The van der Waals surface area contributed by atoms with E-state index in [9.17, 15) is 0 Å². The fourth-order valence-electron chi connectivity index (χ4n) is 5.75. The minimum atomic E-state index is -2.53. The Kier molecular flexibility index (Phi) is 9.93.